The lowest BCUT2D eigenvalue weighted by Crippen LogP contribution is -2.29. The molecule has 1 atom stereocenters. The molecule has 2 aromatic rings. The SMILES string of the molecule is C[C@@H](NCCCCOCn1ccc(=O)[nH]c1=O)c1cccc(OCC2(C)CC2)c1. The van der Waals surface area contributed by atoms with Gasteiger partial charge in [-0.15, -0.1) is 0 Å². The van der Waals surface area contributed by atoms with Crippen LogP contribution >= 0.6 is 0 Å². The second-order valence-corrected chi connectivity index (χ2v) is 8.17. The van der Waals surface area contributed by atoms with E-state index >= 15 is 0 Å². The summed E-state index contributed by atoms with van der Waals surface area (Å²) in [5, 5.41) is 3.53. The molecule has 0 aliphatic heterocycles. The lowest BCUT2D eigenvalue weighted by Gasteiger charge is -2.16. The summed E-state index contributed by atoms with van der Waals surface area (Å²) in [6.45, 7) is 6.80. The van der Waals surface area contributed by atoms with Gasteiger partial charge in [-0.3, -0.25) is 14.3 Å². The van der Waals surface area contributed by atoms with Gasteiger partial charge >= 0.3 is 5.69 Å². The highest BCUT2D eigenvalue weighted by Gasteiger charge is 2.38. The molecule has 1 aliphatic carbocycles. The van der Waals surface area contributed by atoms with E-state index in [2.05, 4.69) is 36.3 Å². The molecule has 1 aromatic carbocycles. The van der Waals surface area contributed by atoms with E-state index in [-0.39, 0.29) is 12.8 Å². The molecule has 1 aliphatic rings. The van der Waals surface area contributed by atoms with Crippen molar-refractivity contribution in [2.24, 2.45) is 5.41 Å². The normalized spacial score (nSPS) is 15.8. The Morgan fingerprint density at radius 2 is 2.07 bits per heavy atom. The fourth-order valence-electron chi connectivity index (χ4n) is 2.96. The maximum absolute atomic E-state index is 11.5. The Morgan fingerprint density at radius 3 is 2.83 bits per heavy atom. The van der Waals surface area contributed by atoms with Crippen molar-refractivity contribution in [3.8, 4) is 5.75 Å². The first-order valence-corrected chi connectivity index (χ1v) is 10.3. The largest absolute Gasteiger partial charge is 0.493 e. The summed E-state index contributed by atoms with van der Waals surface area (Å²) in [4.78, 5) is 24.8. The first-order chi connectivity index (χ1) is 14.0. The number of ether oxygens (including phenoxy) is 2. The molecule has 0 radical (unpaired) electrons. The van der Waals surface area contributed by atoms with Crippen LogP contribution in [0, 0.1) is 5.41 Å². The van der Waals surface area contributed by atoms with Crippen molar-refractivity contribution in [2.75, 3.05) is 19.8 Å². The Morgan fingerprint density at radius 1 is 1.24 bits per heavy atom. The summed E-state index contributed by atoms with van der Waals surface area (Å²) in [6.07, 6.45) is 5.82. The predicted molar refractivity (Wildman–Crippen MR) is 112 cm³/mol. The maximum Gasteiger partial charge on any atom is 0.330 e. The second kappa shape index (κ2) is 9.89. The van der Waals surface area contributed by atoms with E-state index in [1.807, 2.05) is 12.1 Å². The zero-order chi connectivity index (χ0) is 20.7. The molecule has 3 rings (SSSR count). The van der Waals surface area contributed by atoms with Gasteiger partial charge in [-0.1, -0.05) is 19.1 Å². The first-order valence-electron chi connectivity index (χ1n) is 10.3. The van der Waals surface area contributed by atoms with Crippen LogP contribution in [-0.2, 0) is 11.5 Å². The van der Waals surface area contributed by atoms with Crippen LogP contribution in [0.1, 0.15) is 51.1 Å². The number of rotatable bonds is 12. The summed E-state index contributed by atoms with van der Waals surface area (Å²) in [7, 11) is 0. The summed E-state index contributed by atoms with van der Waals surface area (Å²) < 4.78 is 12.8. The molecule has 0 unspecified atom stereocenters. The van der Waals surface area contributed by atoms with Crippen LogP contribution in [0.15, 0.2) is 46.1 Å². The zero-order valence-corrected chi connectivity index (χ0v) is 17.3. The van der Waals surface area contributed by atoms with Crippen LogP contribution in [0.2, 0.25) is 0 Å². The van der Waals surface area contributed by atoms with Crippen molar-refractivity contribution in [2.45, 2.75) is 52.3 Å². The van der Waals surface area contributed by atoms with Gasteiger partial charge < -0.3 is 14.8 Å². The van der Waals surface area contributed by atoms with Gasteiger partial charge in [-0.2, -0.15) is 0 Å². The topological polar surface area (TPSA) is 85.4 Å². The lowest BCUT2D eigenvalue weighted by molar-refractivity contribution is 0.0709. The lowest BCUT2D eigenvalue weighted by atomic mass is 10.1. The monoisotopic (exact) mass is 401 g/mol. The summed E-state index contributed by atoms with van der Waals surface area (Å²) in [5.74, 6) is 0.940. The molecule has 29 heavy (non-hydrogen) atoms. The van der Waals surface area contributed by atoms with E-state index in [1.54, 1.807) is 0 Å². The number of H-pyrrole nitrogens is 1. The number of benzene rings is 1. The number of nitrogens with zero attached hydrogens (tertiary/aromatic N) is 1. The molecule has 158 valence electrons. The van der Waals surface area contributed by atoms with Gasteiger partial charge in [-0.25, -0.2) is 4.79 Å². The molecule has 7 heteroatoms. The van der Waals surface area contributed by atoms with Crippen LogP contribution in [0.3, 0.4) is 0 Å². The minimum absolute atomic E-state index is 0.144. The maximum atomic E-state index is 11.5. The minimum atomic E-state index is -0.453. The molecule has 0 amide bonds. The number of unbranched alkanes of at least 4 members (excludes halogenated alkanes) is 1. The first kappa shape index (κ1) is 21.3. The highest BCUT2D eigenvalue weighted by Crippen LogP contribution is 2.45. The van der Waals surface area contributed by atoms with Crippen molar-refractivity contribution in [3.63, 3.8) is 0 Å². The van der Waals surface area contributed by atoms with Crippen LogP contribution < -0.4 is 21.3 Å². The third-order valence-corrected chi connectivity index (χ3v) is 5.34. The van der Waals surface area contributed by atoms with Gasteiger partial charge in [0.2, 0.25) is 0 Å². The average molecular weight is 402 g/mol. The molecule has 1 fully saturated rings. The Labute approximate surface area is 171 Å². The number of hydrogen-bond acceptors (Lipinski definition) is 5. The van der Waals surface area contributed by atoms with Crippen molar-refractivity contribution in [3.05, 3.63) is 62.9 Å². The fraction of sp³-hybridized carbons (Fsp3) is 0.545. The van der Waals surface area contributed by atoms with Crippen LogP contribution in [-0.4, -0.2) is 29.3 Å². The second-order valence-electron chi connectivity index (χ2n) is 8.17. The van der Waals surface area contributed by atoms with Crippen molar-refractivity contribution < 1.29 is 9.47 Å². The van der Waals surface area contributed by atoms with Gasteiger partial charge in [0.1, 0.15) is 12.5 Å². The van der Waals surface area contributed by atoms with Crippen LogP contribution in [0.25, 0.3) is 0 Å². The standard InChI is InChI=1S/C22H31N3O4/c1-17(18-6-5-7-19(14-18)29-15-22(2)9-10-22)23-11-3-4-13-28-16-25-12-8-20(26)24-21(25)27/h5-8,12,14,17,23H,3-4,9-11,13,15-16H2,1-2H3,(H,24,26,27)/t17-/m1/s1. The molecular formula is C22H31N3O4. The predicted octanol–water partition coefficient (Wildman–Crippen LogP) is 2.82. The fourth-order valence-corrected chi connectivity index (χ4v) is 2.96. The van der Waals surface area contributed by atoms with Crippen LogP contribution in [0.5, 0.6) is 5.75 Å². The Balaban J connectivity index is 1.31. The third-order valence-electron chi connectivity index (χ3n) is 5.34. The van der Waals surface area contributed by atoms with E-state index in [4.69, 9.17) is 9.47 Å². The summed E-state index contributed by atoms with van der Waals surface area (Å²) in [6, 6.07) is 9.86. The molecule has 1 saturated carbocycles. The number of aromatic amines is 1. The van der Waals surface area contributed by atoms with Gasteiger partial charge in [0.15, 0.2) is 0 Å². The van der Waals surface area contributed by atoms with E-state index in [0.29, 0.717) is 12.0 Å². The molecule has 1 aromatic heterocycles. The summed E-state index contributed by atoms with van der Waals surface area (Å²) >= 11 is 0. The minimum Gasteiger partial charge on any atom is -0.493 e. The number of nitrogens with one attached hydrogen (secondary N) is 2. The third kappa shape index (κ3) is 6.87. The molecule has 0 bridgehead atoms. The van der Waals surface area contributed by atoms with Gasteiger partial charge in [0, 0.05) is 30.3 Å². The van der Waals surface area contributed by atoms with Crippen molar-refractivity contribution >= 4 is 0 Å². The van der Waals surface area contributed by atoms with E-state index in [9.17, 15) is 9.59 Å². The molecular weight excluding hydrogens is 370 g/mol. The van der Waals surface area contributed by atoms with Gasteiger partial charge in [0.25, 0.3) is 5.56 Å². The molecule has 1 heterocycles. The Kier molecular flexibility index (Phi) is 7.28. The number of aromatic nitrogens is 2. The van der Waals surface area contributed by atoms with E-state index in [0.717, 1.165) is 31.7 Å². The Bertz CT molecular complexity index is 901. The molecule has 0 spiro atoms. The molecule has 2 N–H and O–H groups in total. The van der Waals surface area contributed by atoms with E-state index < -0.39 is 11.2 Å². The van der Waals surface area contributed by atoms with Crippen molar-refractivity contribution in [1.82, 2.24) is 14.9 Å². The zero-order valence-electron chi connectivity index (χ0n) is 17.3. The van der Waals surface area contributed by atoms with Gasteiger partial charge in [0.05, 0.1) is 6.61 Å². The van der Waals surface area contributed by atoms with Crippen molar-refractivity contribution in [1.29, 1.82) is 0 Å². The van der Waals surface area contributed by atoms with Gasteiger partial charge in [-0.05, 0) is 56.8 Å². The number of hydrogen-bond donors (Lipinski definition) is 2. The van der Waals surface area contributed by atoms with E-state index in [1.165, 1.54) is 35.2 Å². The Hall–Kier alpha value is -2.38. The van der Waals surface area contributed by atoms with Crippen LogP contribution in [0.4, 0.5) is 0 Å². The average Bonchev–Trinajstić information content (AvgIpc) is 3.45. The molecule has 7 nitrogen and oxygen atoms in total. The highest BCUT2D eigenvalue weighted by atomic mass is 16.5. The summed E-state index contributed by atoms with van der Waals surface area (Å²) in [5.41, 5.74) is 0.747. The highest BCUT2D eigenvalue weighted by molar-refractivity contribution is 5.30. The quantitative estimate of drug-likeness (QED) is 0.534. The smallest absolute Gasteiger partial charge is 0.330 e. The molecule has 0 saturated heterocycles.